The van der Waals surface area contributed by atoms with Crippen molar-refractivity contribution in [2.75, 3.05) is 0 Å². The fourth-order valence-corrected chi connectivity index (χ4v) is 2.96. The van der Waals surface area contributed by atoms with E-state index in [1.54, 1.807) is 0 Å². The van der Waals surface area contributed by atoms with Crippen molar-refractivity contribution in [3.63, 3.8) is 0 Å². The zero-order chi connectivity index (χ0) is 12.1. The van der Waals surface area contributed by atoms with Gasteiger partial charge in [0.25, 0.3) is 0 Å². The SMILES string of the molecule is CC(Cc1cccc(Cl)c1)NC1CCCCC1. The van der Waals surface area contributed by atoms with Crippen molar-refractivity contribution < 1.29 is 0 Å². The van der Waals surface area contributed by atoms with E-state index >= 15 is 0 Å². The first-order valence-corrected chi connectivity index (χ1v) is 7.12. The van der Waals surface area contributed by atoms with Crippen LogP contribution < -0.4 is 5.32 Å². The van der Waals surface area contributed by atoms with Gasteiger partial charge in [0.05, 0.1) is 0 Å². The van der Waals surface area contributed by atoms with Crippen molar-refractivity contribution >= 4 is 11.6 Å². The van der Waals surface area contributed by atoms with Crippen molar-refractivity contribution in [3.8, 4) is 0 Å². The van der Waals surface area contributed by atoms with Gasteiger partial charge >= 0.3 is 0 Å². The first kappa shape index (κ1) is 12.9. The molecule has 0 aliphatic heterocycles. The minimum absolute atomic E-state index is 0.538. The Morgan fingerprint density at radius 1 is 1.29 bits per heavy atom. The minimum Gasteiger partial charge on any atom is -0.311 e. The third kappa shape index (κ3) is 4.33. The molecule has 1 aliphatic rings. The second-order valence-electron chi connectivity index (χ2n) is 5.24. The Kier molecular flexibility index (Phi) is 4.87. The van der Waals surface area contributed by atoms with Gasteiger partial charge in [0.15, 0.2) is 0 Å². The monoisotopic (exact) mass is 251 g/mol. The molecular formula is C15H22ClN. The summed E-state index contributed by atoms with van der Waals surface area (Å²) in [5.74, 6) is 0. The first-order valence-electron chi connectivity index (χ1n) is 6.74. The van der Waals surface area contributed by atoms with Crippen LogP contribution in [0.1, 0.15) is 44.6 Å². The summed E-state index contributed by atoms with van der Waals surface area (Å²) in [4.78, 5) is 0. The summed E-state index contributed by atoms with van der Waals surface area (Å²) in [7, 11) is 0. The van der Waals surface area contributed by atoms with Crippen LogP contribution in [0, 0.1) is 0 Å². The van der Waals surface area contributed by atoms with Crippen molar-refractivity contribution in [2.24, 2.45) is 0 Å². The molecule has 0 radical (unpaired) electrons. The Bertz CT molecular complexity index is 345. The van der Waals surface area contributed by atoms with E-state index in [1.807, 2.05) is 12.1 Å². The Morgan fingerprint density at radius 3 is 2.76 bits per heavy atom. The molecule has 0 heterocycles. The molecule has 0 bridgehead atoms. The van der Waals surface area contributed by atoms with E-state index in [0.29, 0.717) is 6.04 Å². The lowest BCUT2D eigenvalue weighted by molar-refractivity contribution is 0.343. The molecule has 0 saturated heterocycles. The summed E-state index contributed by atoms with van der Waals surface area (Å²) in [6, 6.07) is 9.47. The highest BCUT2D eigenvalue weighted by Crippen LogP contribution is 2.18. The van der Waals surface area contributed by atoms with Crippen molar-refractivity contribution in [2.45, 2.75) is 57.5 Å². The molecule has 1 nitrogen and oxygen atoms in total. The smallest absolute Gasteiger partial charge is 0.0408 e. The average Bonchev–Trinajstić information content (AvgIpc) is 2.30. The summed E-state index contributed by atoms with van der Waals surface area (Å²) in [5.41, 5.74) is 1.33. The minimum atomic E-state index is 0.538. The molecule has 1 aromatic carbocycles. The van der Waals surface area contributed by atoms with Gasteiger partial charge in [-0.25, -0.2) is 0 Å². The molecule has 0 aromatic heterocycles. The Morgan fingerprint density at radius 2 is 2.06 bits per heavy atom. The Labute approximate surface area is 110 Å². The van der Waals surface area contributed by atoms with Gasteiger partial charge in [-0.05, 0) is 43.9 Å². The summed E-state index contributed by atoms with van der Waals surface area (Å²) in [6.07, 6.45) is 7.96. The predicted octanol–water partition coefficient (Wildman–Crippen LogP) is 4.19. The number of halogens is 1. The van der Waals surface area contributed by atoms with Crippen LogP contribution in [0.5, 0.6) is 0 Å². The molecule has 17 heavy (non-hydrogen) atoms. The van der Waals surface area contributed by atoms with Gasteiger partial charge < -0.3 is 5.32 Å². The fourth-order valence-electron chi connectivity index (χ4n) is 2.75. The zero-order valence-corrected chi connectivity index (χ0v) is 11.3. The molecule has 1 atom stereocenters. The topological polar surface area (TPSA) is 12.0 Å². The third-order valence-electron chi connectivity index (χ3n) is 3.56. The normalized spacial score (nSPS) is 19.2. The molecule has 0 spiro atoms. The molecule has 1 unspecified atom stereocenters. The van der Waals surface area contributed by atoms with Gasteiger partial charge in [0.1, 0.15) is 0 Å². The average molecular weight is 252 g/mol. The van der Waals surface area contributed by atoms with Crippen LogP contribution in [0.2, 0.25) is 5.02 Å². The van der Waals surface area contributed by atoms with Crippen molar-refractivity contribution in [1.82, 2.24) is 5.32 Å². The molecule has 1 fully saturated rings. The van der Waals surface area contributed by atoms with E-state index in [0.717, 1.165) is 17.5 Å². The molecule has 0 amide bonds. The maximum Gasteiger partial charge on any atom is 0.0408 e. The second kappa shape index (κ2) is 6.42. The summed E-state index contributed by atoms with van der Waals surface area (Å²) in [6.45, 7) is 2.27. The number of nitrogens with one attached hydrogen (secondary N) is 1. The lowest BCUT2D eigenvalue weighted by Crippen LogP contribution is -2.38. The van der Waals surface area contributed by atoms with E-state index in [9.17, 15) is 0 Å². The molecule has 94 valence electrons. The number of hydrogen-bond acceptors (Lipinski definition) is 1. The molecular weight excluding hydrogens is 230 g/mol. The van der Waals surface area contributed by atoms with E-state index in [4.69, 9.17) is 11.6 Å². The van der Waals surface area contributed by atoms with Crippen LogP contribution in [-0.2, 0) is 6.42 Å². The van der Waals surface area contributed by atoms with Crippen LogP contribution in [-0.4, -0.2) is 12.1 Å². The maximum absolute atomic E-state index is 6.00. The fraction of sp³-hybridized carbons (Fsp3) is 0.600. The van der Waals surface area contributed by atoms with Crippen LogP contribution in [0.15, 0.2) is 24.3 Å². The van der Waals surface area contributed by atoms with Crippen LogP contribution >= 0.6 is 11.6 Å². The van der Waals surface area contributed by atoms with Crippen LogP contribution in [0.25, 0.3) is 0 Å². The standard InChI is InChI=1S/C15H22ClN/c1-12(17-15-8-3-2-4-9-15)10-13-6-5-7-14(16)11-13/h5-7,11-12,15,17H,2-4,8-10H2,1H3. The maximum atomic E-state index is 6.00. The summed E-state index contributed by atoms with van der Waals surface area (Å²) in [5, 5.41) is 4.58. The third-order valence-corrected chi connectivity index (χ3v) is 3.79. The molecule has 1 saturated carbocycles. The zero-order valence-electron chi connectivity index (χ0n) is 10.6. The van der Waals surface area contributed by atoms with Crippen molar-refractivity contribution in [3.05, 3.63) is 34.9 Å². The van der Waals surface area contributed by atoms with Gasteiger partial charge in [-0.3, -0.25) is 0 Å². The van der Waals surface area contributed by atoms with Gasteiger partial charge in [-0.2, -0.15) is 0 Å². The number of benzene rings is 1. The van der Waals surface area contributed by atoms with Gasteiger partial charge in [0.2, 0.25) is 0 Å². The van der Waals surface area contributed by atoms with E-state index in [1.165, 1.54) is 37.7 Å². The highest BCUT2D eigenvalue weighted by atomic mass is 35.5. The largest absolute Gasteiger partial charge is 0.311 e. The van der Waals surface area contributed by atoms with Gasteiger partial charge in [0, 0.05) is 17.1 Å². The molecule has 2 rings (SSSR count). The Balaban J connectivity index is 1.82. The quantitative estimate of drug-likeness (QED) is 0.846. The van der Waals surface area contributed by atoms with E-state index < -0.39 is 0 Å². The molecule has 1 aliphatic carbocycles. The first-order chi connectivity index (χ1) is 8.24. The van der Waals surface area contributed by atoms with Crippen LogP contribution in [0.4, 0.5) is 0 Å². The highest BCUT2D eigenvalue weighted by molar-refractivity contribution is 6.30. The molecule has 1 aromatic rings. The van der Waals surface area contributed by atoms with Crippen LogP contribution in [0.3, 0.4) is 0 Å². The number of rotatable bonds is 4. The summed E-state index contributed by atoms with van der Waals surface area (Å²) < 4.78 is 0. The lowest BCUT2D eigenvalue weighted by Gasteiger charge is -2.26. The van der Waals surface area contributed by atoms with Crippen molar-refractivity contribution in [1.29, 1.82) is 0 Å². The Hall–Kier alpha value is -0.530. The lowest BCUT2D eigenvalue weighted by atomic mass is 9.94. The number of hydrogen-bond donors (Lipinski definition) is 1. The summed E-state index contributed by atoms with van der Waals surface area (Å²) >= 11 is 6.00. The van der Waals surface area contributed by atoms with E-state index in [2.05, 4.69) is 24.4 Å². The van der Waals surface area contributed by atoms with Gasteiger partial charge in [-0.1, -0.05) is 43.0 Å². The molecule has 2 heteroatoms. The van der Waals surface area contributed by atoms with Gasteiger partial charge in [-0.15, -0.1) is 0 Å². The highest BCUT2D eigenvalue weighted by Gasteiger charge is 2.15. The second-order valence-corrected chi connectivity index (χ2v) is 5.67. The molecule has 1 N–H and O–H groups in total. The predicted molar refractivity (Wildman–Crippen MR) is 74.6 cm³/mol. The van der Waals surface area contributed by atoms with E-state index in [-0.39, 0.29) is 0 Å².